The molecule has 10 nitrogen and oxygen atoms in total. The Morgan fingerprint density at radius 3 is 2.85 bits per heavy atom. The number of benzene rings is 1. The number of hydrogen-bond acceptors (Lipinski definition) is 8. The largest absolute Gasteiger partial charge is 0.493 e. The molecule has 2 saturated heterocycles. The zero-order valence-corrected chi connectivity index (χ0v) is 23.7. The van der Waals surface area contributed by atoms with Crippen LogP contribution in [0, 0.1) is 5.41 Å². The molecule has 2 aliphatic heterocycles. The lowest BCUT2D eigenvalue weighted by Gasteiger charge is -2.37. The molecule has 2 fully saturated rings. The van der Waals surface area contributed by atoms with E-state index in [1.807, 2.05) is 26.0 Å². The molecule has 1 N–H and O–H groups in total. The van der Waals surface area contributed by atoms with Crippen molar-refractivity contribution in [2.45, 2.75) is 44.9 Å². The van der Waals surface area contributed by atoms with Crippen LogP contribution in [0.15, 0.2) is 35.8 Å². The predicted molar refractivity (Wildman–Crippen MR) is 151 cm³/mol. The average Bonchev–Trinajstić information content (AvgIpc) is 3.38. The Kier molecular flexibility index (Phi) is 10.4. The molecule has 1 unspecified atom stereocenters. The molecule has 2 amide bonds. The van der Waals surface area contributed by atoms with E-state index in [1.54, 1.807) is 13.2 Å². The van der Waals surface area contributed by atoms with Gasteiger partial charge in [0.2, 0.25) is 5.88 Å². The molecule has 3 heterocycles. The first-order valence-corrected chi connectivity index (χ1v) is 14.0. The summed E-state index contributed by atoms with van der Waals surface area (Å²) < 4.78 is 22.9. The van der Waals surface area contributed by atoms with E-state index >= 15 is 0 Å². The summed E-state index contributed by atoms with van der Waals surface area (Å²) in [5.41, 5.74) is 1.61. The van der Waals surface area contributed by atoms with Crippen LogP contribution in [0.4, 0.5) is 4.79 Å². The monoisotopic (exact) mass is 559 g/mol. The summed E-state index contributed by atoms with van der Waals surface area (Å²) in [5, 5.41) is 2.79. The highest BCUT2D eigenvalue weighted by Gasteiger charge is 2.43. The number of urea groups is 1. The molecule has 0 saturated carbocycles. The molecule has 2 aromatic rings. The highest BCUT2D eigenvalue weighted by molar-refractivity contribution is 6.34. The molecule has 1 atom stereocenters. The van der Waals surface area contributed by atoms with Gasteiger partial charge in [-0.3, -0.25) is 0 Å². The summed E-state index contributed by atoms with van der Waals surface area (Å²) in [4.78, 5) is 27.1. The minimum Gasteiger partial charge on any atom is -0.493 e. The zero-order chi connectivity index (χ0) is 27.7. The van der Waals surface area contributed by atoms with Crippen LogP contribution in [0.5, 0.6) is 17.4 Å². The van der Waals surface area contributed by atoms with Crippen LogP contribution >= 0.6 is 11.6 Å². The van der Waals surface area contributed by atoms with E-state index < -0.39 is 11.4 Å². The average molecular weight is 560 g/mol. The summed E-state index contributed by atoms with van der Waals surface area (Å²) in [6, 6.07) is 3.25. The van der Waals surface area contributed by atoms with Crippen LogP contribution in [-0.4, -0.2) is 85.1 Å². The number of nitrogens with one attached hydrogen (secondary N) is 1. The SMILES string of the molecule is CCCNC(=O)N=C(CC)C(Cl)/C=C/Oc1ncnc2cc(OCCCN3CCC4(COC4)C3)c(OC)cc12. The third-order valence-electron chi connectivity index (χ3n) is 6.97. The summed E-state index contributed by atoms with van der Waals surface area (Å²) in [7, 11) is 1.60. The number of nitrogens with zero attached hydrogens (tertiary/aromatic N) is 4. The molecule has 4 rings (SSSR count). The molecule has 212 valence electrons. The van der Waals surface area contributed by atoms with Crippen LogP contribution in [0.3, 0.4) is 0 Å². The molecule has 2 aliphatic rings. The number of carbonyl (C=O) groups excluding carboxylic acids is 1. The number of aromatic nitrogens is 2. The first-order valence-electron chi connectivity index (χ1n) is 13.5. The number of aliphatic imine (C=N–C) groups is 1. The van der Waals surface area contributed by atoms with Crippen molar-refractivity contribution in [3.63, 3.8) is 0 Å². The van der Waals surface area contributed by atoms with Crippen molar-refractivity contribution < 1.29 is 23.7 Å². The highest BCUT2D eigenvalue weighted by Crippen LogP contribution is 2.38. The molecule has 39 heavy (non-hydrogen) atoms. The first-order chi connectivity index (χ1) is 19.0. The number of methoxy groups -OCH3 is 1. The Hall–Kier alpha value is -2.95. The van der Waals surface area contributed by atoms with E-state index in [2.05, 4.69) is 25.2 Å². The van der Waals surface area contributed by atoms with E-state index in [-0.39, 0.29) is 0 Å². The Morgan fingerprint density at radius 2 is 2.15 bits per heavy atom. The molecular weight excluding hydrogens is 522 g/mol. The minimum absolute atomic E-state index is 0.351. The second-order valence-electron chi connectivity index (χ2n) is 9.96. The lowest BCUT2D eigenvalue weighted by atomic mass is 9.85. The number of fused-ring (bicyclic) bond motifs is 1. The molecule has 0 radical (unpaired) electrons. The smallest absolute Gasteiger partial charge is 0.340 e. The van der Waals surface area contributed by atoms with Crippen LogP contribution < -0.4 is 19.5 Å². The number of allylic oxidation sites excluding steroid dienone is 1. The first kappa shape index (κ1) is 29.0. The third-order valence-corrected chi connectivity index (χ3v) is 7.37. The number of rotatable bonds is 13. The second kappa shape index (κ2) is 13.9. The maximum absolute atomic E-state index is 11.9. The summed E-state index contributed by atoms with van der Waals surface area (Å²) in [5.74, 6) is 1.55. The van der Waals surface area contributed by atoms with Gasteiger partial charge in [0.15, 0.2) is 11.5 Å². The predicted octanol–water partition coefficient (Wildman–Crippen LogP) is 4.60. The number of halogens is 1. The van der Waals surface area contributed by atoms with Gasteiger partial charge in [-0.2, -0.15) is 0 Å². The third kappa shape index (κ3) is 7.58. The van der Waals surface area contributed by atoms with Crippen LogP contribution in [0.25, 0.3) is 10.9 Å². The van der Waals surface area contributed by atoms with Crippen molar-refractivity contribution in [3.8, 4) is 17.4 Å². The standard InChI is InChI=1S/C28H38ClN5O5/c1-4-9-30-27(35)33-22(5-2)21(29)7-13-39-26-20-14-24(36-3)25(15-23(20)31-19-32-26)38-12-6-10-34-11-8-28(16-34)17-37-18-28/h7,13-15,19,21H,4-6,8-12,16-18H2,1-3H3,(H,30,35)/b13-7+,33-22?. The van der Waals surface area contributed by atoms with Gasteiger partial charge < -0.3 is 29.2 Å². The maximum atomic E-state index is 11.9. The quantitative estimate of drug-likeness (QED) is 0.164. The van der Waals surface area contributed by atoms with Crippen molar-refractivity contribution in [1.29, 1.82) is 0 Å². The van der Waals surface area contributed by atoms with E-state index in [0.717, 1.165) is 45.7 Å². The fraction of sp³-hybridized carbons (Fsp3) is 0.571. The van der Waals surface area contributed by atoms with Gasteiger partial charge in [0.05, 0.1) is 49.5 Å². The number of amides is 2. The summed E-state index contributed by atoms with van der Waals surface area (Å²) in [6.07, 6.45) is 8.02. The maximum Gasteiger partial charge on any atom is 0.340 e. The molecule has 0 bridgehead atoms. The van der Waals surface area contributed by atoms with Gasteiger partial charge in [0.1, 0.15) is 6.33 Å². The minimum atomic E-state index is -0.599. The van der Waals surface area contributed by atoms with Crippen molar-refractivity contribution in [3.05, 3.63) is 30.8 Å². The summed E-state index contributed by atoms with van der Waals surface area (Å²) in [6.45, 7) is 10.1. The Balaban J connectivity index is 1.35. The van der Waals surface area contributed by atoms with Gasteiger partial charge in [-0.25, -0.2) is 19.8 Å². The van der Waals surface area contributed by atoms with Gasteiger partial charge in [0, 0.05) is 36.8 Å². The van der Waals surface area contributed by atoms with Gasteiger partial charge in [-0.05, 0) is 44.4 Å². The Labute approximate surface area is 234 Å². The van der Waals surface area contributed by atoms with Gasteiger partial charge in [-0.15, -0.1) is 11.6 Å². The Bertz CT molecular complexity index is 1190. The number of carbonyl (C=O) groups is 1. The molecule has 0 aliphatic carbocycles. The molecule has 1 aromatic heterocycles. The number of hydrogen-bond donors (Lipinski definition) is 1. The fourth-order valence-corrected chi connectivity index (χ4v) is 5.01. The second-order valence-corrected chi connectivity index (χ2v) is 10.4. The van der Waals surface area contributed by atoms with Crippen LogP contribution in [0.2, 0.25) is 0 Å². The van der Waals surface area contributed by atoms with Gasteiger partial charge in [-0.1, -0.05) is 13.8 Å². The highest BCUT2D eigenvalue weighted by atomic mass is 35.5. The molecule has 1 aromatic carbocycles. The zero-order valence-electron chi connectivity index (χ0n) is 23.0. The van der Waals surface area contributed by atoms with E-state index in [4.69, 9.17) is 30.5 Å². The number of likely N-dealkylation sites (tertiary alicyclic amines) is 1. The van der Waals surface area contributed by atoms with Gasteiger partial charge >= 0.3 is 6.03 Å². The van der Waals surface area contributed by atoms with Crippen LogP contribution in [0.1, 0.15) is 39.5 Å². The number of ether oxygens (including phenoxy) is 4. The van der Waals surface area contributed by atoms with Crippen LogP contribution in [-0.2, 0) is 4.74 Å². The summed E-state index contributed by atoms with van der Waals surface area (Å²) >= 11 is 6.45. The molecule has 1 spiro atoms. The molecular formula is C28H38ClN5O5. The normalized spacial score (nSPS) is 17.9. The van der Waals surface area contributed by atoms with Crippen molar-refractivity contribution in [2.75, 3.05) is 53.1 Å². The van der Waals surface area contributed by atoms with E-state index in [0.29, 0.717) is 59.0 Å². The van der Waals surface area contributed by atoms with Crippen molar-refractivity contribution >= 4 is 34.2 Å². The van der Waals surface area contributed by atoms with Crippen molar-refractivity contribution in [2.24, 2.45) is 10.4 Å². The van der Waals surface area contributed by atoms with E-state index in [9.17, 15) is 4.79 Å². The topological polar surface area (TPSA) is 107 Å². The lowest BCUT2D eigenvalue weighted by Crippen LogP contribution is -2.44. The van der Waals surface area contributed by atoms with Gasteiger partial charge in [0.25, 0.3) is 0 Å². The fourth-order valence-electron chi connectivity index (χ4n) is 4.74. The Morgan fingerprint density at radius 1 is 1.31 bits per heavy atom. The lowest BCUT2D eigenvalue weighted by molar-refractivity contribution is -0.105. The molecule has 11 heteroatoms. The van der Waals surface area contributed by atoms with E-state index in [1.165, 1.54) is 19.0 Å². The van der Waals surface area contributed by atoms with Crippen molar-refractivity contribution in [1.82, 2.24) is 20.2 Å². The number of alkyl halides is 1.